The number of anilines is 1. The molecule has 0 saturated carbocycles. The van der Waals surface area contributed by atoms with Gasteiger partial charge in [0.1, 0.15) is 6.54 Å². The molecule has 1 amide bonds. The molecule has 0 atom stereocenters. The Morgan fingerprint density at radius 2 is 1.96 bits per heavy atom. The average Bonchev–Trinajstić information content (AvgIpc) is 2.83. The molecule has 2 aromatic rings. The van der Waals surface area contributed by atoms with Crippen LogP contribution in [0.5, 0.6) is 0 Å². The van der Waals surface area contributed by atoms with Crippen molar-refractivity contribution < 1.29 is 9.72 Å². The van der Waals surface area contributed by atoms with Gasteiger partial charge in [0.25, 0.3) is 11.6 Å². The molecule has 0 unspecified atom stereocenters. The van der Waals surface area contributed by atoms with E-state index in [0.29, 0.717) is 5.69 Å². The number of rotatable bonds is 4. The van der Waals surface area contributed by atoms with E-state index >= 15 is 0 Å². The molecule has 9 nitrogen and oxygen atoms in total. The number of aryl methyl sites for hydroxylation is 2. The summed E-state index contributed by atoms with van der Waals surface area (Å²) in [7, 11) is 0. The molecular weight excluding hydrogens is 332 g/mol. The first-order valence-corrected chi connectivity index (χ1v) is 7.37. The number of benzene rings is 1. The third-order valence-electron chi connectivity index (χ3n) is 3.05. The van der Waals surface area contributed by atoms with E-state index in [2.05, 4.69) is 21.3 Å². The van der Waals surface area contributed by atoms with Gasteiger partial charge in [-0.1, -0.05) is 0 Å². The molecule has 1 aromatic heterocycles. The summed E-state index contributed by atoms with van der Waals surface area (Å²) < 4.78 is 1.58. The summed E-state index contributed by atoms with van der Waals surface area (Å²) in [5.74, 6) is -0.311. The van der Waals surface area contributed by atoms with E-state index in [0.717, 1.165) is 11.4 Å². The lowest BCUT2D eigenvalue weighted by molar-refractivity contribution is -0.384. The fraction of sp³-hybridized carbons (Fsp3) is 0.214. The third kappa shape index (κ3) is 4.74. The number of nitro groups is 1. The van der Waals surface area contributed by atoms with Crippen molar-refractivity contribution in [1.29, 1.82) is 0 Å². The standard InChI is InChI=1S/C14H16N6O3S/c1-9-7-10(2)19(18-9)8-13(21)16-17-14(24)15-11-3-5-12(6-4-11)20(22)23/h3-7H,8H2,1-2H3,(H,16,21)(H2,15,17,24). The van der Waals surface area contributed by atoms with E-state index in [4.69, 9.17) is 12.2 Å². The van der Waals surface area contributed by atoms with Crippen LogP contribution in [0.2, 0.25) is 0 Å². The summed E-state index contributed by atoms with van der Waals surface area (Å²) in [4.78, 5) is 21.9. The Morgan fingerprint density at radius 3 is 2.50 bits per heavy atom. The number of hydrazine groups is 1. The maximum absolute atomic E-state index is 11.9. The van der Waals surface area contributed by atoms with Crippen molar-refractivity contribution in [2.45, 2.75) is 20.4 Å². The highest BCUT2D eigenvalue weighted by Gasteiger charge is 2.08. The number of nitro benzene ring substituents is 1. The van der Waals surface area contributed by atoms with Gasteiger partial charge in [0.2, 0.25) is 0 Å². The number of amides is 1. The monoisotopic (exact) mass is 348 g/mol. The lowest BCUT2D eigenvalue weighted by Crippen LogP contribution is -2.45. The van der Waals surface area contributed by atoms with Crippen LogP contribution in [0.15, 0.2) is 30.3 Å². The number of carbonyl (C=O) groups excluding carboxylic acids is 1. The molecule has 1 heterocycles. The van der Waals surface area contributed by atoms with E-state index in [1.807, 2.05) is 19.9 Å². The van der Waals surface area contributed by atoms with Gasteiger partial charge in [-0.25, -0.2) is 0 Å². The van der Waals surface area contributed by atoms with E-state index in [9.17, 15) is 14.9 Å². The van der Waals surface area contributed by atoms with Gasteiger partial charge in [0, 0.05) is 23.5 Å². The highest BCUT2D eigenvalue weighted by Crippen LogP contribution is 2.15. The topological polar surface area (TPSA) is 114 Å². The Hall–Kier alpha value is -3.01. The van der Waals surface area contributed by atoms with Gasteiger partial charge < -0.3 is 5.32 Å². The number of nitrogens with zero attached hydrogens (tertiary/aromatic N) is 3. The first-order chi connectivity index (χ1) is 11.3. The molecule has 126 valence electrons. The minimum Gasteiger partial charge on any atom is -0.331 e. The Morgan fingerprint density at radius 1 is 1.29 bits per heavy atom. The Kier molecular flexibility index (Phi) is 5.42. The number of thiocarbonyl (C=S) groups is 1. The Bertz CT molecular complexity index is 771. The van der Waals surface area contributed by atoms with Gasteiger partial charge in [-0.15, -0.1) is 0 Å². The third-order valence-corrected chi connectivity index (χ3v) is 3.25. The molecule has 10 heteroatoms. The van der Waals surface area contributed by atoms with E-state index in [-0.39, 0.29) is 23.3 Å². The Labute approximate surface area is 143 Å². The van der Waals surface area contributed by atoms with Crippen LogP contribution in [0.1, 0.15) is 11.4 Å². The van der Waals surface area contributed by atoms with Gasteiger partial charge in [-0.3, -0.25) is 30.4 Å². The molecule has 0 radical (unpaired) electrons. The van der Waals surface area contributed by atoms with E-state index in [1.54, 1.807) is 4.68 Å². The minimum atomic E-state index is -0.487. The molecule has 0 bridgehead atoms. The summed E-state index contributed by atoms with van der Waals surface area (Å²) >= 11 is 5.04. The molecular formula is C14H16N6O3S. The predicted molar refractivity (Wildman–Crippen MR) is 92.3 cm³/mol. The number of hydrogen-bond acceptors (Lipinski definition) is 5. The van der Waals surface area contributed by atoms with Gasteiger partial charge in [0.15, 0.2) is 5.11 Å². The zero-order valence-corrected chi connectivity index (χ0v) is 13.9. The van der Waals surface area contributed by atoms with Crippen LogP contribution in [0.25, 0.3) is 0 Å². The van der Waals surface area contributed by atoms with Crippen LogP contribution in [-0.2, 0) is 11.3 Å². The zero-order valence-electron chi connectivity index (χ0n) is 13.1. The number of hydrogen-bond donors (Lipinski definition) is 3. The van der Waals surface area contributed by atoms with Crippen molar-refractivity contribution in [3.8, 4) is 0 Å². The molecule has 2 rings (SSSR count). The van der Waals surface area contributed by atoms with Crippen LogP contribution in [0.4, 0.5) is 11.4 Å². The van der Waals surface area contributed by atoms with Crippen molar-refractivity contribution in [2.75, 3.05) is 5.32 Å². The predicted octanol–water partition coefficient (Wildman–Crippen LogP) is 1.43. The quantitative estimate of drug-likeness (QED) is 0.435. The fourth-order valence-electron chi connectivity index (χ4n) is 1.97. The molecule has 3 N–H and O–H groups in total. The van der Waals surface area contributed by atoms with Crippen molar-refractivity contribution in [3.05, 3.63) is 51.8 Å². The molecule has 0 aliphatic carbocycles. The average molecular weight is 348 g/mol. The van der Waals surface area contributed by atoms with Crippen molar-refractivity contribution in [1.82, 2.24) is 20.6 Å². The second kappa shape index (κ2) is 7.51. The summed E-state index contributed by atoms with van der Waals surface area (Å²) in [5.41, 5.74) is 7.28. The zero-order chi connectivity index (χ0) is 17.7. The lowest BCUT2D eigenvalue weighted by atomic mass is 10.3. The van der Waals surface area contributed by atoms with Gasteiger partial charge in [-0.05, 0) is 44.3 Å². The molecule has 1 aromatic carbocycles. The largest absolute Gasteiger partial charge is 0.331 e. The number of non-ortho nitro benzene ring substituents is 1. The first kappa shape index (κ1) is 17.3. The van der Waals surface area contributed by atoms with Gasteiger partial charge >= 0.3 is 0 Å². The van der Waals surface area contributed by atoms with Crippen molar-refractivity contribution >= 4 is 34.6 Å². The Balaban J connectivity index is 1.81. The van der Waals surface area contributed by atoms with E-state index in [1.165, 1.54) is 24.3 Å². The smallest absolute Gasteiger partial charge is 0.269 e. The normalized spacial score (nSPS) is 10.1. The summed E-state index contributed by atoms with van der Waals surface area (Å²) in [5, 5.41) is 17.7. The SMILES string of the molecule is Cc1cc(C)n(CC(=O)NNC(=S)Nc2ccc([N+](=O)[O-])cc2)n1. The second-order valence-corrected chi connectivity index (χ2v) is 5.42. The highest BCUT2D eigenvalue weighted by atomic mass is 32.1. The minimum absolute atomic E-state index is 0.0161. The van der Waals surface area contributed by atoms with Crippen LogP contribution in [0.3, 0.4) is 0 Å². The van der Waals surface area contributed by atoms with Crippen molar-refractivity contribution in [2.24, 2.45) is 0 Å². The maximum Gasteiger partial charge on any atom is 0.269 e. The number of nitrogens with one attached hydrogen (secondary N) is 3. The highest BCUT2D eigenvalue weighted by molar-refractivity contribution is 7.80. The lowest BCUT2D eigenvalue weighted by Gasteiger charge is -2.12. The fourth-order valence-corrected chi connectivity index (χ4v) is 2.13. The van der Waals surface area contributed by atoms with Crippen molar-refractivity contribution in [3.63, 3.8) is 0 Å². The van der Waals surface area contributed by atoms with E-state index < -0.39 is 4.92 Å². The van der Waals surface area contributed by atoms with Crippen LogP contribution in [-0.4, -0.2) is 25.7 Å². The molecule has 0 saturated heterocycles. The number of aromatic nitrogens is 2. The summed E-state index contributed by atoms with van der Waals surface area (Å²) in [6, 6.07) is 7.62. The number of carbonyl (C=O) groups is 1. The maximum atomic E-state index is 11.9. The second-order valence-electron chi connectivity index (χ2n) is 5.02. The van der Waals surface area contributed by atoms with Gasteiger partial charge in [0.05, 0.1) is 10.6 Å². The van der Waals surface area contributed by atoms with Gasteiger partial charge in [-0.2, -0.15) is 5.10 Å². The summed E-state index contributed by atoms with van der Waals surface area (Å²) in [6.07, 6.45) is 0. The molecule has 0 fully saturated rings. The molecule has 0 aliphatic rings. The van der Waals surface area contributed by atoms with Crippen LogP contribution >= 0.6 is 12.2 Å². The molecule has 0 aliphatic heterocycles. The van der Waals surface area contributed by atoms with Crippen LogP contribution in [0, 0.1) is 24.0 Å². The van der Waals surface area contributed by atoms with Crippen LogP contribution < -0.4 is 16.2 Å². The first-order valence-electron chi connectivity index (χ1n) is 6.96. The summed E-state index contributed by atoms with van der Waals surface area (Å²) in [6.45, 7) is 3.78. The molecule has 24 heavy (non-hydrogen) atoms. The molecule has 0 spiro atoms.